The number of fused-ring (bicyclic) bond motifs is 2. The first-order valence-electron chi connectivity index (χ1n) is 7.61. The lowest BCUT2D eigenvalue weighted by Crippen LogP contribution is -2.55. The molecule has 0 saturated carbocycles. The second-order valence-electron chi connectivity index (χ2n) is 6.18. The average molecular weight is 259 g/mol. The summed E-state index contributed by atoms with van der Waals surface area (Å²) >= 11 is 0. The summed E-state index contributed by atoms with van der Waals surface area (Å²) in [7, 11) is 2.11. The molecule has 0 radical (unpaired) electrons. The van der Waals surface area contributed by atoms with Crippen molar-refractivity contribution in [3.05, 3.63) is 29.6 Å². The molecule has 19 heavy (non-hydrogen) atoms. The van der Waals surface area contributed by atoms with Crippen LogP contribution in [0.4, 0.5) is 0 Å². The fourth-order valence-electron chi connectivity index (χ4n) is 3.78. The molecule has 3 nitrogen and oxygen atoms in total. The lowest BCUT2D eigenvalue weighted by molar-refractivity contribution is 0.0190. The van der Waals surface area contributed by atoms with Crippen molar-refractivity contribution < 1.29 is 0 Å². The Morgan fingerprint density at radius 3 is 2.58 bits per heavy atom. The number of hydrogen-bond acceptors (Lipinski definition) is 3. The zero-order chi connectivity index (χ0) is 13.2. The van der Waals surface area contributed by atoms with Gasteiger partial charge in [-0.05, 0) is 51.3 Å². The second-order valence-corrected chi connectivity index (χ2v) is 6.18. The van der Waals surface area contributed by atoms with Gasteiger partial charge in [0, 0.05) is 36.6 Å². The lowest BCUT2D eigenvalue weighted by atomic mass is 9.81. The van der Waals surface area contributed by atoms with Crippen LogP contribution in [0.3, 0.4) is 0 Å². The highest BCUT2D eigenvalue weighted by molar-refractivity contribution is 5.14. The van der Waals surface area contributed by atoms with E-state index in [-0.39, 0.29) is 0 Å². The number of nitrogens with zero attached hydrogens (tertiary/aromatic N) is 2. The van der Waals surface area contributed by atoms with Gasteiger partial charge in [-0.25, -0.2) is 0 Å². The van der Waals surface area contributed by atoms with Crippen molar-refractivity contribution in [3.8, 4) is 0 Å². The van der Waals surface area contributed by atoms with Gasteiger partial charge in [0.15, 0.2) is 0 Å². The van der Waals surface area contributed by atoms with E-state index in [1.165, 1.54) is 37.7 Å². The third kappa shape index (κ3) is 2.82. The van der Waals surface area contributed by atoms with E-state index in [4.69, 9.17) is 0 Å². The number of pyridine rings is 1. The molecule has 1 N–H and O–H groups in total. The van der Waals surface area contributed by atoms with Crippen molar-refractivity contribution in [2.45, 2.75) is 63.7 Å². The van der Waals surface area contributed by atoms with E-state index in [1.807, 2.05) is 0 Å². The highest BCUT2D eigenvalue weighted by Crippen LogP contribution is 2.35. The third-order valence-corrected chi connectivity index (χ3v) is 4.87. The minimum atomic E-state index is 0.725. The van der Waals surface area contributed by atoms with Gasteiger partial charge in [-0.2, -0.15) is 0 Å². The summed E-state index contributed by atoms with van der Waals surface area (Å²) in [5.74, 6) is 0. The number of nitrogens with one attached hydrogen (secondary N) is 1. The third-order valence-electron chi connectivity index (χ3n) is 4.87. The summed E-state index contributed by atoms with van der Waals surface area (Å²) < 4.78 is 0. The summed E-state index contributed by atoms with van der Waals surface area (Å²) in [5, 5.41) is 3.49. The predicted octanol–water partition coefficient (Wildman–Crippen LogP) is 2.49. The molecule has 1 aromatic heterocycles. The molecule has 2 atom stereocenters. The van der Waals surface area contributed by atoms with Gasteiger partial charge in [-0.1, -0.05) is 12.5 Å². The first-order valence-corrected chi connectivity index (χ1v) is 7.61. The van der Waals surface area contributed by atoms with E-state index in [0.717, 1.165) is 30.4 Å². The summed E-state index contributed by atoms with van der Waals surface area (Å²) in [6.45, 7) is 3.13. The Bertz CT molecular complexity index is 401. The minimum absolute atomic E-state index is 0.725. The molecule has 3 heteroatoms. The van der Waals surface area contributed by atoms with Crippen LogP contribution in [0.25, 0.3) is 0 Å². The normalized spacial score (nSPS) is 31.4. The first kappa shape index (κ1) is 13.1. The Morgan fingerprint density at radius 1 is 1.26 bits per heavy atom. The van der Waals surface area contributed by atoms with Gasteiger partial charge in [0.25, 0.3) is 0 Å². The zero-order valence-corrected chi connectivity index (χ0v) is 12.1. The van der Waals surface area contributed by atoms with Crippen LogP contribution >= 0.6 is 0 Å². The smallest absolute Gasteiger partial charge is 0.0372 e. The van der Waals surface area contributed by atoms with Crippen molar-refractivity contribution >= 4 is 0 Å². The van der Waals surface area contributed by atoms with E-state index in [9.17, 15) is 0 Å². The SMILES string of the molecule is CNC1CC2CCCC(C1)N2Cc1ccc(C)nc1. The van der Waals surface area contributed by atoms with Crippen LogP contribution in [0.15, 0.2) is 18.3 Å². The molecule has 0 aromatic carbocycles. The van der Waals surface area contributed by atoms with Crippen molar-refractivity contribution in [2.75, 3.05) is 7.05 Å². The summed E-state index contributed by atoms with van der Waals surface area (Å²) in [6.07, 6.45) is 8.82. The summed E-state index contributed by atoms with van der Waals surface area (Å²) in [4.78, 5) is 7.17. The maximum Gasteiger partial charge on any atom is 0.0372 e. The molecule has 0 spiro atoms. The van der Waals surface area contributed by atoms with Gasteiger partial charge >= 0.3 is 0 Å². The Balaban J connectivity index is 1.71. The highest BCUT2D eigenvalue weighted by Gasteiger charge is 2.37. The standard InChI is InChI=1S/C16H25N3/c1-12-6-7-13(10-18-12)11-19-15-4-3-5-16(19)9-14(8-15)17-2/h6-7,10,14-17H,3-5,8-9,11H2,1-2H3. The number of aromatic nitrogens is 1. The van der Waals surface area contributed by atoms with Crippen LogP contribution in [0.5, 0.6) is 0 Å². The molecule has 104 valence electrons. The van der Waals surface area contributed by atoms with Crippen LogP contribution in [0.1, 0.15) is 43.4 Å². The van der Waals surface area contributed by atoms with Crippen LogP contribution in [-0.2, 0) is 6.54 Å². The summed E-state index contributed by atoms with van der Waals surface area (Å²) in [5.41, 5.74) is 2.48. The van der Waals surface area contributed by atoms with Crippen molar-refractivity contribution in [1.82, 2.24) is 15.2 Å². The van der Waals surface area contributed by atoms with E-state index < -0.39 is 0 Å². The predicted molar refractivity (Wildman–Crippen MR) is 78.0 cm³/mol. The van der Waals surface area contributed by atoms with Crippen LogP contribution in [0, 0.1) is 6.92 Å². The molecule has 3 heterocycles. The second kappa shape index (κ2) is 5.59. The fourth-order valence-corrected chi connectivity index (χ4v) is 3.78. The van der Waals surface area contributed by atoms with Crippen molar-refractivity contribution in [2.24, 2.45) is 0 Å². The largest absolute Gasteiger partial charge is 0.317 e. The lowest BCUT2D eigenvalue weighted by Gasteiger charge is -2.49. The number of piperidine rings is 2. The minimum Gasteiger partial charge on any atom is -0.317 e. The maximum absolute atomic E-state index is 4.43. The molecular weight excluding hydrogens is 234 g/mol. The Morgan fingerprint density at radius 2 is 2.00 bits per heavy atom. The van der Waals surface area contributed by atoms with E-state index >= 15 is 0 Å². The molecule has 2 unspecified atom stereocenters. The molecule has 2 saturated heterocycles. The molecule has 2 bridgehead atoms. The molecule has 0 amide bonds. The number of rotatable bonds is 3. The molecule has 3 rings (SSSR count). The Labute approximate surface area is 116 Å². The molecule has 2 aliphatic rings. The van der Waals surface area contributed by atoms with E-state index in [0.29, 0.717) is 0 Å². The fraction of sp³-hybridized carbons (Fsp3) is 0.688. The maximum atomic E-state index is 4.43. The van der Waals surface area contributed by atoms with Gasteiger partial charge in [0.2, 0.25) is 0 Å². The van der Waals surface area contributed by atoms with E-state index in [1.54, 1.807) is 0 Å². The Hall–Kier alpha value is -0.930. The first-order chi connectivity index (χ1) is 9.26. The van der Waals surface area contributed by atoms with Gasteiger partial charge in [0.05, 0.1) is 0 Å². The molecule has 0 aliphatic carbocycles. The quantitative estimate of drug-likeness (QED) is 0.904. The topological polar surface area (TPSA) is 28.2 Å². The molecule has 2 aliphatic heterocycles. The van der Waals surface area contributed by atoms with Crippen LogP contribution < -0.4 is 5.32 Å². The molecule has 1 aromatic rings. The van der Waals surface area contributed by atoms with Gasteiger partial charge in [-0.3, -0.25) is 9.88 Å². The van der Waals surface area contributed by atoms with Crippen LogP contribution in [-0.4, -0.2) is 35.1 Å². The van der Waals surface area contributed by atoms with Gasteiger partial charge in [-0.15, -0.1) is 0 Å². The highest BCUT2D eigenvalue weighted by atomic mass is 15.2. The van der Waals surface area contributed by atoms with Crippen molar-refractivity contribution in [3.63, 3.8) is 0 Å². The summed E-state index contributed by atoms with van der Waals surface area (Å²) in [6, 6.07) is 6.63. The van der Waals surface area contributed by atoms with Gasteiger partial charge < -0.3 is 5.32 Å². The number of hydrogen-bond donors (Lipinski definition) is 1. The van der Waals surface area contributed by atoms with Crippen molar-refractivity contribution in [1.29, 1.82) is 0 Å². The molecule has 2 fully saturated rings. The monoisotopic (exact) mass is 259 g/mol. The average Bonchev–Trinajstić information content (AvgIpc) is 2.41. The molecular formula is C16H25N3. The Kier molecular flexibility index (Phi) is 3.85. The van der Waals surface area contributed by atoms with Gasteiger partial charge in [0.1, 0.15) is 0 Å². The zero-order valence-electron chi connectivity index (χ0n) is 12.1. The van der Waals surface area contributed by atoms with E-state index in [2.05, 4.69) is 47.5 Å². The van der Waals surface area contributed by atoms with Crippen LogP contribution in [0.2, 0.25) is 0 Å². The number of aryl methyl sites for hydroxylation is 1.